The van der Waals surface area contributed by atoms with E-state index in [0.717, 1.165) is 12.8 Å². The maximum absolute atomic E-state index is 13.2. The number of Topliss-reactive ketones (excluding diaryl/α,β-unsaturated/α-hetero) is 1. The second kappa shape index (κ2) is 11.5. The minimum atomic E-state index is -2.09. The van der Waals surface area contributed by atoms with Crippen molar-refractivity contribution in [1.82, 2.24) is 4.98 Å². The first-order chi connectivity index (χ1) is 16.4. The molecule has 1 aromatic rings. The molecule has 0 aromatic carbocycles. The van der Waals surface area contributed by atoms with Gasteiger partial charge in [-0.25, -0.2) is 0 Å². The van der Waals surface area contributed by atoms with E-state index >= 15 is 0 Å². The smallest absolute Gasteiger partial charge is 0.306 e. The fraction of sp³-hybridized carbons (Fsp3) is 0.667. The van der Waals surface area contributed by atoms with E-state index in [-0.39, 0.29) is 36.8 Å². The predicted molar refractivity (Wildman–Crippen MR) is 133 cm³/mol. The highest BCUT2D eigenvalue weighted by Gasteiger charge is 2.45. The number of hydrogen-bond acceptors (Lipinski definition) is 7. The fourth-order valence-corrected chi connectivity index (χ4v) is 5.05. The lowest BCUT2D eigenvalue weighted by molar-refractivity contribution is -0.205. The molecule has 2 saturated heterocycles. The fourth-order valence-electron chi connectivity index (χ4n) is 4.80. The van der Waals surface area contributed by atoms with Crippen LogP contribution in [0.1, 0.15) is 78.3 Å². The number of nitrogens with zero attached hydrogens (tertiary/aromatic N) is 1. The monoisotopic (exact) mass is 507 g/mol. The predicted octanol–water partition coefficient (Wildman–Crippen LogP) is 4.63. The number of carbonyl (C=O) groups excluding carboxylic acids is 2. The van der Waals surface area contributed by atoms with Crippen LogP contribution in [-0.4, -0.2) is 51.0 Å². The zero-order valence-corrected chi connectivity index (χ0v) is 21.8. The number of ether oxygens (including phenoxy) is 2. The second-order valence-electron chi connectivity index (χ2n) is 10.6. The molecule has 5 atom stereocenters. The summed E-state index contributed by atoms with van der Waals surface area (Å²) in [6.45, 7) is 7.18. The summed E-state index contributed by atoms with van der Waals surface area (Å²) in [5, 5.41) is 21.7. The summed E-state index contributed by atoms with van der Waals surface area (Å²) in [4.78, 5) is 30.5. The van der Waals surface area contributed by atoms with Crippen LogP contribution in [0.25, 0.3) is 6.08 Å². The number of cyclic esters (lactones) is 1. The Morgan fingerprint density at radius 2 is 1.97 bits per heavy atom. The lowest BCUT2D eigenvalue weighted by Crippen LogP contribution is -2.44. The van der Waals surface area contributed by atoms with Crippen molar-refractivity contribution in [3.05, 3.63) is 35.1 Å². The summed E-state index contributed by atoms with van der Waals surface area (Å²) in [7, 11) is 0. The number of rotatable bonds is 3. The van der Waals surface area contributed by atoms with E-state index in [2.05, 4.69) is 4.98 Å². The van der Waals surface area contributed by atoms with Gasteiger partial charge in [0.2, 0.25) is 0 Å². The molecule has 0 bridgehead atoms. The van der Waals surface area contributed by atoms with Gasteiger partial charge in [0.15, 0.2) is 5.79 Å². The molecule has 1 aromatic heterocycles. The standard InChI is InChI=1S/C27H38ClNO6/c1-5-18-13-25(31)35-22(20(28)14-19-10-6-7-12-29-19)15-23-21(34-23)11-8-9-17(2)27(32,33)16-24(30)26(18,3)4/h6-7,10,12,14,17-18,21-23,32-33H,5,8-9,11,13,15-16H2,1-4H3. The van der Waals surface area contributed by atoms with Gasteiger partial charge in [-0.15, -0.1) is 0 Å². The molecule has 35 heavy (non-hydrogen) atoms. The van der Waals surface area contributed by atoms with Gasteiger partial charge < -0.3 is 19.7 Å². The average Bonchev–Trinajstić information content (AvgIpc) is 3.54. The molecular formula is C27H38ClNO6. The van der Waals surface area contributed by atoms with Crippen LogP contribution in [0.3, 0.4) is 0 Å². The van der Waals surface area contributed by atoms with Gasteiger partial charge in [-0.3, -0.25) is 14.6 Å². The third kappa shape index (κ3) is 7.35. The number of halogens is 1. The molecule has 2 N–H and O–H groups in total. The van der Waals surface area contributed by atoms with Gasteiger partial charge in [0.1, 0.15) is 11.9 Å². The van der Waals surface area contributed by atoms with Crippen molar-refractivity contribution in [1.29, 1.82) is 0 Å². The molecule has 3 heterocycles. The van der Waals surface area contributed by atoms with Crippen molar-refractivity contribution in [2.75, 3.05) is 0 Å². The Morgan fingerprint density at radius 3 is 2.63 bits per heavy atom. The number of pyridine rings is 1. The van der Waals surface area contributed by atoms with Gasteiger partial charge in [0, 0.05) is 30.4 Å². The van der Waals surface area contributed by atoms with E-state index in [0.29, 0.717) is 30.0 Å². The van der Waals surface area contributed by atoms with Gasteiger partial charge in [-0.1, -0.05) is 58.2 Å². The Labute approximate surface area is 212 Å². The number of aromatic nitrogens is 1. The number of ketones is 1. The molecule has 8 heteroatoms. The minimum absolute atomic E-state index is 0.00589. The van der Waals surface area contributed by atoms with Crippen molar-refractivity contribution < 1.29 is 29.3 Å². The number of aliphatic hydroxyl groups is 2. The van der Waals surface area contributed by atoms with Crippen molar-refractivity contribution in [2.45, 2.75) is 96.7 Å². The number of hydrogen-bond donors (Lipinski definition) is 2. The molecule has 0 aliphatic carbocycles. The van der Waals surface area contributed by atoms with Crippen LogP contribution in [0.4, 0.5) is 0 Å². The van der Waals surface area contributed by atoms with Crippen LogP contribution in [0.2, 0.25) is 0 Å². The highest BCUT2D eigenvalue weighted by atomic mass is 35.5. The van der Waals surface area contributed by atoms with Crippen LogP contribution in [-0.2, 0) is 19.1 Å². The van der Waals surface area contributed by atoms with Crippen LogP contribution in [0.15, 0.2) is 29.4 Å². The van der Waals surface area contributed by atoms with Gasteiger partial charge >= 0.3 is 5.97 Å². The molecule has 0 spiro atoms. The maximum atomic E-state index is 13.2. The number of fused-ring (bicyclic) bond motifs is 1. The molecule has 0 radical (unpaired) electrons. The summed E-state index contributed by atoms with van der Waals surface area (Å²) < 4.78 is 11.7. The van der Waals surface area contributed by atoms with E-state index in [4.69, 9.17) is 21.1 Å². The summed E-state index contributed by atoms with van der Waals surface area (Å²) >= 11 is 6.62. The summed E-state index contributed by atoms with van der Waals surface area (Å²) in [5.41, 5.74) is -0.271. The highest BCUT2D eigenvalue weighted by molar-refractivity contribution is 6.32. The Balaban J connectivity index is 1.84. The van der Waals surface area contributed by atoms with Crippen LogP contribution < -0.4 is 0 Å². The first-order valence-corrected chi connectivity index (χ1v) is 12.9. The zero-order valence-electron chi connectivity index (χ0n) is 21.1. The Hall–Kier alpha value is -1.80. The molecule has 194 valence electrons. The number of epoxide rings is 1. The number of esters is 1. The van der Waals surface area contributed by atoms with E-state index in [1.54, 1.807) is 33.0 Å². The van der Waals surface area contributed by atoms with Crippen molar-refractivity contribution >= 4 is 29.4 Å². The molecular weight excluding hydrogens is 470 g/mol. The largest absolute Gasteiger partial charge is 0.456 e. The average molecular weight is 508 g/mol. The quantitative estimate of drug-likeness (QED) is 0.348. The molecule has 2 aliphatic rings. The van der Waals surface area contributed by atoms with E-state index in [1.807, 2.05) is 25.1 Å². The molecule has 3 rings (SSSR count). The van der Waals surface area contributed by atoms with E-state index in [1.165, 1.54) is 0 Å². The number of carbonyl (C=O) groups is 2. The highest BCUT2D eigenvalue weighted by Crippen LogP contribution is 2.39. The van der Waals surface area contributed by atoms with Crippen molar-refractivity contribution in [3.63, 3.8) is 0 Å². The van der Waals surface area contributed by atoms with Gasteiger partial charge in [0.05, 0.1) is 29.4 Å². The van der Waals surface area contributed by atoms with Crippen LogP contribution >= 0.6 is 11.6 Å². The molecule has 5 unspecified atom stereocenters. The Kier molecular flexibility index (Phi) is 9.13. The molecule has 2 aliphatic heterocycles. The van der Waals surface area contributed by atoms with Crippen LogP contribution in [0, 0.1) is 17.3 Å². The zero-order chi connectivity index (χ0) is 25.8. The Morgan fingerprint density at radius 1 is 1.23 bits per heavy atom. The lowest BCUT2D eigenvalue weighted by Gasteiger charge is -2.36. The second-order valence-corrected chi connectivity index (χ2v) is 11.0. The first-order valence-electron chi connectivity index (χ1n) is 12.5. The molecule has 0 saturated carbocycles. The molecule has 7 nitrogen and oxygen atoms in total. The van der Waals surface area contributed by atoms with E-state index in [9.17, 15) is 19.8 Å². The SMILES string of the molecule is CCC1CC(=O)OC(C(Cl)=Cc2ccccn2)CC2OC2CCCC(C)C(O)(O)CC(=O)C1(C)C. The summed E-state index contributed by atoms with van der Waals surface area (Å²) in [6.07, 6.45) is 5.26. The maximum Gasteiger partial charge on any atom is 0.306 e. The minimum Gasteiger partial charge on any atom is -0.456 e. The normalized spacial score (nSPS) is 32.4. The Bertz CT molecular complexity index is 916. The summed E-state index contributed by atoms with van der Waals surface area (Å²) in [6, 6.07) is 5.49. The van der Waals surface area contributed by atoms with Crippen molar-refractivity contribution in [3.8, 4) is 0 Å². The molecule has 2 fully saturated rings. The molecule has 0 amide bonds. The topological polar surface area (TPSA) is 109 Å². The van der Waals surface area contributed by atoms with E-state index < -0.39 is 29.2 Å². The third-order valence-corrected chi connectivity index (χ3v) is 8.02. The third-order valence-electron chi connectivity index (χ3n) is 7.67. The van der Waals surface area contributed by atoms with Gasteiger partial charge in [-0.2, -0.15) is 0 Å². The summed E-state index contributed by atoms with van der Waals surface area (Å²) in [5.74, 6) is -3.63. The first kappa shape index (κ1) is 27.8. The van der Waals surface area contributed by atoms with Crippen LogP contribution in [0.5, 0.6) is 0 Å². The lowest BCUT2D eigenvalue weighted by atomic mass is 9.70. The van der Waals surface area contributed by atoms with Crippen molar-refractivity contribution in [2.24, 2.45) is 17.3 Å². The van der Waals surface area contributed by atoms with Gasteiger partial charge in [-0.05, 0) is 37.0 Å². The van der Waals surface area contributed by atoms with Gasteiger partial charge in [0.25, 0.3) is 0 Å².